The lowest BCUT2D eigenvalue weighted by atomic mass is 10.1. The van der Waals surface area contributed by atoms with Gasteiger partial charge in [-0.15, -0.1) is 10.2 Å². The van der Waals surface area contributed by atoms with Crippen LogP contribution in [0.25, 0.3) is 0 Å². The van der Waals surface area contributed by atoms with Gasteiger partial charge in [-0.05, 0) is 17.7 Å². The molecule has 2 rings (SSSR count). The Morgan fingerprint density at radius 2 is 1.95 bits per heavy atom. The summed E-state index contributed by atoms with van der Waals surface area (Å²) in [6.45, 7) is 5.55. The van der Waals surface area contributed by atoms with Gasteiger partial charge in [0.25, 0.3) is 0 Å². The van der Waals surface area contributed by atoms with Gasteiger partial charge >= 0.3 is 5.97 Å². The molecule has 0 atom stereocenters. The van der Waals surface area contributed by atoms with Crippen LogP contribution in [0, 0.1) is 0 Å². The van der Waals surface area contributed by atoms with Gasteiger partial charge in [0.05, 0.1) is 5.56 Å². The molecule has 20 heavy (non-hydrogen) atoms. The number of nitrogens with zero attached hydrogens (tertiary/aromatic N) is 2. The third kappa shape index (κ3) is 3.85. The molecule has 0 bridgehead atoms. The van der Waals surface area contributed by atoms with E-state index in [0.29, 0.717) is 24.6 Å². The largest absolute Gasteiger partial charge is 0.478 e. The second-order valence-corrected chi connectivity index (χ2v) is 5.89. The van der Waals surface area contributed by atoms with Crippen LogP contribution in [0.5, 0.6) is 0 Å². The van der Waals surface area contributed by atoms with Crippen molar-refractivity contribution in [3.63, 3.8) is 0 Å². The van der Waals surface area contributed by atoms with E-state index in [-0.39, 0.29) is 0 Å². The van der Waals surface area contributed by atoms with Crippen LogP contribution in [0.1, 0.15) is 45.7 Å². The average Bonchev–Trinajstić information content (AvgIpc) is 2.88. The molecule has 0 unspecified atom stereocenters. The Kier molecular flexibility index (Phi) is 4.81. The fraction of sp³-hybridized carbons (Fsp3) is 0.357. The fourth-order valence-electron chi connectivity index (χ4n) is 1.65. The number of hydrogen-bond acceptors (Lipinski definition) is 5. The zero-order valence-corrected chi connectivity index (χ0v) is 12.3. The molecule has 0 radical (unpaired) electrons. The molecule has 0 aliphatic rings. The predicted octanol–water partition coefficient (Wildman–Crippen LogP) is 2.65. The number of benzene rings is 1. The molecule has 0 fully saturated rings. The number of aromatic carboxylic acids is 1. The Bertz CT molecular complexity index is 578. The number of carboxylic acid groups (broad SMARTS) is 1. The van der Waals surface area contributed by atoms with Crippen molar-refractivity contribution in [1.29, 1.82) is 0 Å². The summed E-state index contributed by atoms with van der Waals surface area (Å²) in [5.74, 6) is -0.496. The first-order valence-electron chi connectivity index (χ1n) is 6.41. The zero-order chi connectivity index (χ0) is 14.5. The monoisotopic (exact) mass is 291 g/mol. The standard InChI is InChI=1S/C14H17N3O2S/c1-9(2)13-17-16-12(20-13)8-15-7-10-3-5-11(6-4-10)14(18)19/h3-6,9,15H,7-8H2,1-2H3,(H,18,19). The third-order valence-corrected chi connectivity index (χ3v) is 4.01. The molecule has 2 aromatic rings. The molecule has 1 heterocycles. The lowest BCUT2D eigenvalue weighted by Gasteiger charge is -2.03. The number of aromatic nitrogens is 2. The maximum absolute atomic E-state index is 10.7. The Labute approximate surface area is 121 Å². The van der Waals surface area contributed by atoms with Crippen LogP contribution in [0.3, 0.4) is 0 Å². The Balaban J connectivity index is 1.84. The molecule has 1 aromatic heterocycles. The first kappa shape index (κ1) is 14.6. The van der Waals surface area contributed by atoms with Crippen LogP contribution in [0.15, 0.2) is 24.3 Å². The molecule has 106 valence electrons. The van der Waals surface area contributed by atoms with E-state index in [2.05, 4.69) is 29.4 Å². The zero-order valence-electron chi connectivity index (χ0n) is 11.5. The average molecular weight is 291 g/mol. The Hall–Kier alpha value is -1.79. The molecule has 0 saturated carbocycles. The second-order valence-electron chi connectivity index (χ2n) is 4.79. The Morgan fingerprint density at radius 3 is 2.50 bits per heavy atom. The summed E-state index contributed by atoms with van der Waals surface area (Å²) >= 11 is 1.62. The van der Waals surface area contributed by atoms with E-state index in [9.17, 15) is 4.79 Å². The Morgan fingerprint density at radius 1 is 1.25 bits per heavy atom. The summed E-state index contributed by atoms with van der Waals surface area (Å²) in [6.07, 6.45) is 0. The van der Waals surface area contributed by atoms with Gasteiger partial charge in [-0.1, -0.05) is 37.3 Å². The quantitative estimate of drug-likeness (QED) is 0.855. The van der Waals surface area contributed by atoms with Crippen molar-refractivity contribution in [2.45, 2.75) is 32.9 Å². The number of rotatable bonds is 6. The first-order chi connectivity index (χ1) is 9.56. The van der Waals surface area contributed by atoms with Crippen LogP contribution >= 0.6 is 11.3 Å². The highest BCUT2D eigenvalue weighted by molar-refractivity contribution is 7.11. The lowest BCUT2D eigenvalue weighted by molar-refractivity contribution is 0.0697. The summed E-state index contributed by atoms with van der Waals surface area (Å²) in [5, 5.41) is 22.4. The van der Waals surface area contributed by atoms with Crippen molar-refractivity contribution in [3.8, 4) is 0 Å². The molecule has 5 nitrogen and oxygen atoms in total. The topological polar surface area (TPSA) is 75.1 Å². The first-order valence-corrected chi connectivity index (χ1v) is 7.23. The maximum Gasteiger partial charge on any atom is 0.335 e. The number of nitrogens with one attached hydrogen (secondary N) is 1. The van der Waals surface area contributed by atoms with Crippen molar-refractivity contribution in [2.24, 2.45) is 0 Å². The second kappa shape index (κ2) is 6.58. The van der Waals surface area contributed by atoms with Gasteiger partial charge < -0.3 is 10.4 Å². The van der Waals surface area contributed by atoms with E-state index in [1.165, 1.54) is 0 Å². The van der Waals surface area contributed by atoms with E-state index in [4.69, 9.17) is 5.11 Å². The molecule has 0 aliphatic carbocycles. The maximum atomic E-state index is 10.7. The van der Waals surface area contributed by atoms with Crippen molar-refractivity contribution < 1.29 is 9.90 Å². The van der Waals surface area contributed by atoms with Crippen LogP contribution in [-0.4, -0.2) is 21.3 Å². The highest BCUT2D eigenvalue weighted by atomic mass is 32.1. The van der Waals surface area contributed by atoms with E-state index in [1.54, 1.807) is 23.5 Å². The lowest BCUT2D eigenvalue weighted by Crippen LogP contribution is -2.12. The van der Waals surface area contributed by atoms with E-state index in [0.717, 1.165) is 15.6 Å². The van der Waals surface area contributed by atoms with Gasteiger partial charge in [0.15, 0.2) is 0 Å². The predicted molar refractivity (Wildman–Crippen MR) is 77.9 cm³/mol. The number of hydrogen-bond donors (Lipinski definition) is 2. The van der Waals surface area contributed by atoms with Gasteiger partial charge in [0, 0.05) is 19.0 Å². The normalized spacial score (nSPS) is 10.9. The minimum Gasteiger partial charge on any atom is -0.478 e. The molecule has 0 aliphatic heterocycles. The van der Waals surface area contributed by atoms with Crippen molar-refractivity contribution in [2.75, 3.05) is 0 Å². The molecule has 2 N–H and O–H groups in total. The summed E-state index contributed by atoms with van der Waals surface area (Å²) < 4.78 is 0. The number of carbonyl (C=O) groups is 1. The van der Waals surface area contributed by atoms with Crippen molar-refractivity contribution in [3.05, 3.63) is 45.4 Å². The number of carboxylic acids is 1. The van der Waals surface area contributed by atoms with E-state index >= 15 is 0 Å². The summed E-state index contributed by atoms with van der Waals surface area (Å²) in [6, 6.07) is 6.86. The summed E-state index contributed by atoms with van der Waals surface area (Å²) in [4.78, 5) is 10.7. The van der Waals surface area contributed by atoms with Gasteiger partial charge in [-0.3, -0.25) is 0 Å². The van der Waals surface area contributed by atoms with Crippen molar-refractivity contribution >= 4 is 17.3 Å². The third-order valence-electron chi connectivity index (χ3n) is 2.78. The van der Waals surface area contributed by atoms with Crippen LogP contribution in [-0.2, 0) is 13.1 Å². The molecule has 0 saturated heterocycles. The molecule has 6 heteroatoms. The van der Waals surface area contributed by atoms with E-state index < -0.39 is 5.97 Å². The smallest absolute Gasteiger partial charge is 0.335 e. The minimum atomic E-state index is -0.903. The van der Waals surface area contributed by atoms with Gasteiger partial charge in [-0.25, -0.2) is 4.79 Å². The SMILES string of the molecule is CC(C)c1nnc(CNCc2ccc(C(=O)O)cc2)s1. The molecule has 0 amide bonds. The highest BCUT2D eigenvalue weighted by Gasteiger charge is 2.07. The highest BCUT2D eigenvalue weighted by Crippen LogP contribution is 2.18. The van der Waals surface area contributed by atoms with Crippen LogP contribution in [0.4, 0.5) is 0 Å². The summed E-state index contributed by atoms with van der Waals surface area (Å²) in [5.41, 5.74) is 1.35. The van der Waals surface area contributed by atoms with Crippen LogP contribution < -0.4 is 5.32 Å². The van der Waals surface area contributed by atoms with E-state index in [1.807, 2.05) is 12.1 Å². The summed E-state index contributed by atoms with van der Waals surface area (Å²) in [7, 11) is 0. The van der Waals surface area contributed by atoms with Crippen molar-refractivity contribution in [1.82, 2.24) is 15.5 Å². The van der Waals surface area contributed by atoms with Gasteiger partial charge in [0.2, 0.25) is 0 Å². The minimum absolute atomic E-state index is 0.305. The van der Waals surface area contributed by atoms with Gasteiger partial charge in [0.1, 0.15) is 10.0 Å². The molecule has 0 spiro atoms. The molecular weight excluding hydrogens is 274 g/mol. The molecule has 1 aromatic carbocycles. The van der Waals surface area contributed by atoms with Crippen LogP contribution in [0.2, 0.25) is 0 Å². The van der Waals surface area contributed by atoms with Gasteiger partial charge in [-0.2, -0.15) is 0 Å². The fourth-order valence-corrected chi connectivity index (χ4v) is 2.46. The molecular formula is C14H17N3O2S.